The van der Waals surface area contributed by atoms with E-state index in [1.165, 1.54) is 0 Å². The van der Waals surface area contributed by atoms with Gasteiger partial charge in [-0.2, -0.15) is 0 Å². The first-order valence-electron chi connectivity index (χ1n) is 4.10. The van der Waals surface area contributed by atoms with E-state index in [4.69, 9.17) is 5.73 Å². The van der Waals surface area contributed by atoms with E-state index < -0.39 is 6.17 Å². The summed E-state index contributed by atoms with van der Waals surface area (Å²) in [5.41, 5.74) is 6.86. The highest BCUT2D eigenvalue weighted by Crippen LogP contribution is 2.25. The summed E-state index contributed by atoms with van der Waals surface area (Å²) in [6.07, 6.45) is -0.884. The molecule has 1 nitrogen and oxygen atoms in total. The molecule has 0 saturated carbocycles. The molecule has 1 aromatic rings. The van der Waals surface area contributed by atoms with Gasteiger partial charge in [0.1, 0.15) is 6.17 Å². The fraction of sp³-hybridized carbons (Fsp3) is 0.400. The second kappa shape index (κ2) is 3.57. The van der Waals surface area contributed by atoms with E-state index in [9.17, 15) is 4.39 Å². The van der Waals surface area contributed by atoms with Gasteiger partial charge in [-0.1, -0.05) is 26.0 Å². The van der Waals surface area contributed by atoms with Crippen molar-refractivity contribution in [3.8, 4) is 0 Å². The van der Waals surface area contributed by atoms with Crippen molar-refractivity contribution in [2.24, 2.45) is 5.92 Å². The molecular weight excluding hydrogens is 153 g/mol. The van der Waals surface area contributed by atoms with E-state index in [1.54, 1.807) is 24.3 Å². The molecule has 1 atom stereocenters. The Morgan fingerprint density at radius 1 is 1.17 bits per heavy atom. The number of hydrogen-bond acceptors (Lipinski definition) is 1. The molecule has 0 saturated heterocycles. The highest BCUT2D eigenvalue weighted by atomic mass is 19.1. The molecule has 66 valence electrons. The molecular formula is C10H14FN. The number of benzene rings is 1. The maximum Gasteiger partial charge on any atom is 0.127 e. The summed E-state index contributed by atoms with van der Waals surface area (Å²) < 4.78 is 13.3. The normalized spacial score (nSPS) is 13.3. The number of nitrogen functional groups attached to an aromatic ring is 1. The molecule has 1 rings (SSSR count). The lowest BCUT2D eigenvalue weighted by Gasteiger charge is -2.11. The van der Waals surface area contributed by atoms with Crippen molar-refractivity contribution < 1.29 is 4.39 Å². The van der Waals surface area contributed by atoms with Gasteiger partial charge in [-0.05, 0) is 23.6 Å². The van der Waals surface area contributed by atoms with Crippen LogP contribution in [0.1, 0.15) is 25.6 Å². The summed E-state index contributed by atoms with van der Waals surface area (Å²) in [7, 11) is 0. The van der Waals surface area contributed by atoms with Crippen molar-refractivity contribution >= 4 is 5.69 Å². The summed E-state index contributed by atoms with van der Waals surface area (Å²) in [6.45, 7) is 3.72. The number of alkyl halides is 1. The molecule has 0 bridgehead atoms. The van der Waals surface area contributed by atoms with Crippen molar-refractivity contribution in [3.63, 3.8) is 0 Å². The van der Waals surface area contributed by atoms with Crippen LogP contribution in [0.3, 0.4) is 0 Å². The summed E-state index contributed by atoms with van der Waals surface area (Å²) in [4.78, 5) is 0. The highest BCUT2D eigenvalue weighted by molar-refractivity contribution is 5.39. The molecule has 0 radical (unpaired) electrons. The minimum Gasteiger partial charge on any atom is -0.399 e. The number of anilines is 1. The molecule has 2 N–H and O–H groups in total. The maximum atomic E-state index is 13.3. The van der Waals surface area contributed by atoms with Crippen LogP contribution >= 0.6 is 0 Å². The second-order valence-corrected chi connectivity index (χ2v) is 3.31. The fourth-order valence-electron chi connectivity index (χ4n) is 1.06. The number of rotatable bonds is 2. The van der Waals surface area contributed by atoms with Gasteiger partial charge in [0.05, 0.1) is 0 Å². The van der Waals surface area contributed by atoms with Crippen molar-refractivity contribution in [3.05, 3.63) is 29.8 Å². The SMILES string of the molecule is CC(C)C(F)c1ccc(N)cc1. The Morgan fingerprint density at radius 2 is 1.67 bits per heavy atom. The van der Waals surface area contributed by atoms with Gasteiger partial charge in [-0.15, -0.1) is 0 Å². The second-order valence-electron chi connectivity index (χ2n) is 3.31. The molecule has 0 aromatic heterocycles. The predicted octanol–water partition coefficient (Wildman–Crippen LogP) is 2.94. The highest BCUT2D eigenvalue weighted by Gasteiger charge is 2.13. The predicted molar refractivity (Wildman–Crippen MR) is 49.5 cm³/mol. The zero-order valence-electron chi connectivity index (χ0n) is 7.42. The molecule has 12 heavy (non-hydrogen) atoms. The van der Waals surface area contributed by atoms with Crippen LogP contribution in [-0.4, -0.2) is 0 Å². The van der Waals surface area contributed by atoms with Gasteiger partial charge < -0.3 is 5.73 Å². The van der Waals surface area contributed by atoms with Crippen LogP contribution in [0.15, 0.2) is 24.3 Å². The number of hydrogen-bond donors (Lipinski definition) is 1. The van der Waals surface area contributed by atoms with Crippen molar-refractivity contribution in [2.45, 2.75) is 20.0 Å². The molecule has 1 unspecified atom stereocenters. The lowest BCUT2D eigenvalue weighted by Crippen LogP contribution is -2.00. The fourth-order valence-corrected chi connectivity index (χ4v) is 1.06. The molecule has 0 aliphatic heterocycles. The van der Waals surface area contributed by atoms with E-state index in [0.29, 0.717) is 11.3 Å². The Kier molecular flexibility index (Phi) is 2.69. The lowest BCUT2D eigenvalue weighted by atomic mass is 10.0. The van der Waals surface area contributed by atoms with Gasteiger partial charge in [0, 0.05) is 5.69 Å². The molecule has 0 aliphatic carbocycles. The third-order valence-corrected chi connectivity index (χ3v) is 1.84. The van der Waals surface area contributed by atoms with Crippen LogP contribution in [0.2, 0.25) is 0 Å². The summed E-state index contributed by atoms with van der Waals surface area (Å²) in [6, 6.07) is 6.93. The molecule has 1 aromatic carbocycles. The lowest BCUT2D eigenvalue weighted by molar-refractivity contribution is 0.262. The largest absolute Gasteiger partial charge is 0.399 e. The summed E-state index contributed by atoms with van der Waals surface area (Å²) in [5.74, 6) is 0.0219. The average Bonchev–Trinajstić information content (AvgIpc) is 2.04. The first-order valence-corrected chi connectivity index (χ1v) is 4.10. The van der Waals surface area contributed by atoms with Crippen molar-refractivity contribution in [2.75, 3.05) is 5.73 Å². The number of nitrogens with two attached hydrogens (primary N) is 1. The van der Waals surface area contributed by atoms with Crippen LogP contribution in [0.4, 0.5) is 10.1 Å². The van der Waals surface area contributed by atoms with E-state index in [-0.39, 0.29) is 5.92 Å². The molecule has 0 amide bonds. The van der Waals surface area contributed by atoms with Gasteiger partial charge in [0.15, 0.2) is 0 Å². The van der Waals surface area contributed by atoms with E-state index in [2.05, 4.69) is 0 Å². The van der Waals surface area contributed by atoms with Gasteiger partial charge >= 0.3 is 0 Å². The smallest absolute Gasteiger partial charge is 0.127 e. The molecule has 0 spiro atoms. The standard InChI is InChI=1S/C10H14FN/c1-7(2)10(11)8-3-5-9(12)6-4-8/h3-7,10H,12H2,1-2H3. The van der Waals surface area contributed by atoms with Gasteiger partial charge in [-0.25, -0.2) is 4.39 Å². The monoisotopic (exact) mass is 167 g/mol. The summed E-state index contributed by atoms with van der Waals surface area (Å²) >= 11 is 0. The van der Waals surface area contributed by atoms with Crippen LogP contribution in [-0.2, 0) is 0 Å². The Morgan fingerprint density at radius 3 is 2.08 bits per heavy atom. The Hall–Kier alpha value is -1.05. The molecule has 2 heteroatoms. The molecule has 0 fully saturated rings. The first-order chi connectivity index (χ1) is 5.61. The van der Waals surface area contributed by atoms with Crippen molar-refractivity contribution in [1.29, 1.82) is 0 Å². The topological polar surface area (TPSA) is 26.0 Å². The zero-order valence-corrected chi connectivity index (χ0v) is 7.42. The van der Waals surface area contributed by atoms with Gasteiger partial charge in [0.2, 0.25) is 0 Å². The zero-order chi connectivity index (χ0) is 9.14. The van der Waals surface area contributed by atoms with Crippen molar-refractivity contribution in [1.82, 2.24) is 0 Å². The number of halogens is 1. The third kappa shape index (κ3) is 1.97. The quantitative estimate of drug-likeness (QED) is 0.673. The van der Waals surface area contributed by atoms with Crippen LogP contribution in [0.5, 0.6) is 0 Å². The van der Waals surface area contributed by atoms with Crippen LogP contribution < -0.4 is 5.73 Å². The Bertz CT molecular complexity index is 241. The van der Waals surface area contributed by atoms with E-state index in [1.807, 2.05) is 13.8 Å². The molecule has 0 aliphatic rings. The van der Waals surface area contributed by atoms with Crippen LogP contribution in [0.25, 0.3) is 0 Å². The third-order valence-electron chi connectivity index (χ3n) is 1.84. The first kappa shape index (κ1) is 9.04. The van der Waals surface area contributed by atoms with Gasteiger partial charge in [-0.3, -0.25) is 0 Å². The summed E-state index contributed by atoms with van der Waals surface area (Å²) in [5, 5.41) is 0. The average molecular weight is 167 g/mol. The van der Waals surface area contributed by atoms with Crippen LogP contribution in [0, 0.1) is 5.92 Å². The minimum absolute atomic E-state index is 0.0219. The Labute approximate surface area is 72.4 Å². The van der Waals surface area contributed by atoms with Gasteiger partial charge in [0.25, 0.3) is 0 Å². The minimum atomic E-state index is -0.884. The van der Waals surface area contributed by atoms with E-state index >= 15 is 0 Å². The maximum absolute atomic E-state index is 13.3. The van der Waals surface area contributed by atoms with E-state index in [0.717, 1.165) is 0 Å². The Balaban J connectivity index is 2.82. The molecule has 0 heterocycles.